The normalized spacial score (nSPS) is 14.5. The Kier molecular flexibility index (Phi) is 58.1. The Hall–Kier alpha value is -3.10. The Labute approximate surface area is 494 Å². The Morgan fingerprint density at radius 1 is 0.450 bits per heavy atom. The van der Waals surface area contributed by atoms with E-state index in [1.165, 1.54) is 161 Å². The second-order valence-electron chi connectivity index (χ2n) is 23.1. The number of unbranched alkanes of at least 4 members (excludes halogenated alkanes) is 28. The third-order valence-corrected chi connectivity index (χ3v) is 15.1. The number of allylic oxidation sites excluding steroid dienone is 19. The standard InChI is InChI=1S/C71H125N2O6P/c1-6-8-10-12-14-16-18-20-22-24-25-26-27-28-29-30-31-32-33-34-35-36-37-38-39-40-41-42-43-44-45-46-47-49-51-53-55-57-59-61-63-65-71(75)72-69(68-79-80(76,77)78-67-66-73(3,4)5)70(74)64-62-60-58-56-54-52-50-48-23-21-19-17-15-13-11-9-7-2/h8,10,14,16,20,22,25-26,28-29,31-32,34-35,37-38,54,56,62,64,69-70,74H,6-7,9,11-13,15,17-19,21,23-24,27,30,33,36,39-53,55,57-61,63,65-68H2,1-5H3,(H-,72,75,76,77)/b10-8-,16-14-,22-20-,26-25-,29-28-,32-31-,35-34-,38-37-,56-54+,64-62+. The number of hydrogen-bond acceptors (Lipinski definition) is 6. The number of rotatable bonds is 59. The van der Waals surface area contributed by atoms with Gasteiger partial charge in [0.1, 0.15) is 13.2 Å². The average Bonchev–Trinajstić information content (AvgIpc) is 3.42. The van der Waals surface area contributed by atoms with E-state index in [0.29, 0.717) is 17.4 Å². The molecule has 460 valence electrons. The minimum absolute atomic E-state index is 0.00978. The Morgan fingerprint density at radius 2 is 0.775 bits per heavy atom. The largest absolute Gasteiger partial charge is 0.756 e. The maximum Gasteiger partial charge on any atom is 0.268 e. The lowest BCUT2D eigenvalue weighted by Gasteiger charge is -2.29. The highest BCUT2D eigenvalue weighted by Crippen LogP contribution is 2.38. The van der Waals surface area contributed by atoms with Gasteiger partial charge in [0.05, 0.1) is 39.9 Å². The van der Waals surface area contributed by atoms with Crippen LogP contribution in [0.3, 0.4) is 0 Å². The topological polar surface area (TPSA) is 108 Å². The summed E-state index contributed by atoms with van der Waals surface area (Å²) in [5, 5.41) is 13.9. The van der Waals surface area contributed by atoms with E-state index in [1.54, 1.807) is 6.08 Å². The number of hydrogen-bond donors (Lipinski definition) is 2. The quantitative estimate of drug-likeness (QED) is 0.0272. The predicted octanol–water partition coefficient (Wildman–Crippen LogP) is 20.2. The van der Waals surface area contributed by atoms with Crippen molar-refractivity contribution in [2.75, 3.05) is 40.9 Å². The smallest absolute Gasteiger partial charge is 0.268 e. The van der Waals surface area contributed by atoms with Crippen LogP contribution in [0.1, 0.15) is 271 Å². The van der Waals surface area contributed by atoms with E-state index in [9.17, 15) is 19.4 Å². The van der Waals surface area contributed by atoms with Crippen LogP contribution in [0.5, 0.6) is 0 Å². The number of nitrogens with one attached hydrogen (secondary N) is 1. The van der Waals surface area contributed by atoms with Crippen molar-refractivity contribution in [2.45, 2.75) is 283 Å². The molecule has 8 nitrogen and oxygen atoms in total. The Balaban J connectivity index is 4.04. The number of aliphatic hydroxyl groups excluding tert-OH is 1. The van der Waals surface area contributed by atoms with Gasteiger partial charge < -0.3 is 28.8 Å². The minimum atomic E-state index is -4.61. The van der Waals surface area contributed by atoms with Gasteiger partial charge in [-0.15, -0.1) is 0 Å². The highest BCUT2D eigenvalue weighted by Gasteiger charge is 2.23. The molecule has 0 aromatic heterocycles. The van der Waals surface area contributed by atoms with Crippen molar-refractivity contribution >= 4 is 13.7 Å². The molecule has 80 heavy (non-hydrogen) atoms. The SMILES string of the molecule is CC/C=C\C/C=C\C/C=C\C/C=C\C/C=C\C/C=C\C/C=C\C/C=C\CCCCCCCCCCCCCCCCCCC(=O)NC(COP(=O)([O-])OCC[N+](C)(C)C)C(O)/C=C/CC/C=C/CCCCCCCCCCCCC. The average molecular weight is 1130 g/mol. The molecule has 0 bridgehead atoms. The van der Waals surface area contributed by atoms with Crippen molar-refractivity contribution in [1.29, 1.82) is 0 Å². The lowest BCUT2D eigenvalue weighted by Crippen LogP contribution is -2.45. The maximum atomic E-state index is 13.0. The summed E-state index contributed by atoms with van der Waals surface area (Å²) >= 11 is 0. The molecule has 0 saturated heterocycles. The first-order valence-electron chi connectivity index (χ1n) is 32.9. The van der Waals surface area contributed by atoms with Gasteiger partial charge in [-0.3, -0.25) is 9.36 Å². The van der Waals surface area contributed by atoms with E-state index in [0.717, 1.165) is 89.9 Å². The molecule has 0 fully saturated rings. The summed E-state index contributed by atoms with van der Waals surface area (Å²) in [6.07, 6.45) is 90.2. The van der Waals surface area contributed by atoms with Crippen LogP contribution in [0.4, 0.5) is 0 Å². The van der Waals surface area contributed by atoms with Gasteiger partial charge in [0, 0.05) is 6.42 Å². The molecule has 3 atom stereocenters. The molecule has 0 aromatic rings. The number of phosphoric ester groups is 1. The number of quaternary nitrogens is 1. The number of amides is 1. The molecule has 9 heteroatoms. The monoisotopic (exact) mass is 1130 g/mol. The molecule has 0 rings (SSSR count). The fourth-order valence-electron chi connectivity index (χ4n) is 9.07. The first-order chi connectivity index (χ1) is 39.0. The van der Waals surface area contributed by atoms with Crippen LogP contribution in [-0.2, 0) is 18.4 Å². The molecule has 0 aliphatic carbocycles. The lowest BCUT2D eigenvalue weighted by atomic mass is 10.0. The summed E-state index contributed by atoms with van der Waals surface area (Å²) in [7, 11) is 1.24. The van der Waals surface area contributed by atoms with E-state index in [-0.39, 0.29) is 12.5 Å². The van der Waals surface area contributed by atoms with Crippen LogP contribution >= 0.6 is 7.82 Å². The number of nitrogens with zero attached hydrogens (tertiary/aromatic N) is 1. The fraction of sp³-hybridized carbons (Fsp3) is 0.704. The summed E-state index contributed by atoms with van der Waals surface area (Å²) in [5.41, 5.74) is 0. The van der Waals surface area contributed by atoms with E-state index in [1.807, 2.05) is 27.2 Å². The first kappa shape index (κ1) is 76.9. The molecule has 0 spiro atoms. The summed E-state index contributed by atoms with van der Waals surface area (Å²) in [6, 6.07) is -0.909. The molecule has 0 aliphatic rings. The maximum absolute atomic E-state index is 13.0. The summed E-state index contributed by atoms with van der Waals surface area (Å²) in [5.74, 6) is -0.209. The molecule has 0 aliphatic heterocycles. The zero-order valence-electron chi connectivity index (χ0n) is 52.5. The summed E-state index contributed by atoms with van der Waals surface area (Å²) in [4.78, 5) is 25.5. The van der Waals surface area contributed by atoms with Gasteiger partial charge >= 0.3 is 0 Å². The first-order valence-corrected chi connectivity index (χ1v) is 34.4. The zero-order chi connectivity index (χ0) is 58.4. The molecule has 1 amide bonds. The zero-order valence-corrected chi connectivity index (χ0v) is 53.4. The minimum Gasteiger partial charge on any atom is -0.756 e. The molecule has 0 heterocycles. The van der Waals surface area contributed by atoms with E-state index >= 15 is 0 Å². The molecule has 0 aromatic carbocycles. The molecule has 0 radical (unpaired) electrons. The van der Waals surface area contributed by atoms with Crippen LogP contribution in [0.25, 0.3) is 0 Å². The van der Waals surface area contributed by atoms with E-state index < -0.39 is 26.6 Å². The van der Waals surface area contributed by atoms with Crippen LogP contribution < -0.4 is 10.2 Å². The molecule has 0 saturated carbocycles. The van der Waals surface area contributed by atoms with Crippen molar-refractivity contribution in [3.8, 4) is 0 Å². The number of carbonyl (C=O) groups excluding carboxylic acids is 1. The van der Waals surface area contributed by atoms with E-state index in [2.05, 4.69) is 129 Å². The van der Waals surface area contributed by atoms with Gasteiger partial charge in [0.25, 0.3) is 7.82 Å². The van der Waals surface area contributed by atoms with Crippen molar-refractivity contribution in [3.63, 3.8) is 0 Å². The van der Waals surface area contributed by atoms with Crippen LogP contribution in [0, 0.1) is 0 Å². The van der Waals surface area contributed by atoms with Gasteiger partial charge in [0.2, 0.25) is 5.91 Å². The summed E-state index contributed by atoms with van der Waals surface area (Å²) < 4.78 is 23.4. The van der Waals surface area contributed by atoms with E-state index in [4.69, 9.17) is 9.05 Å². The summed E-state index contributed by atoms with van der Waals surface area (Å²) in [6.45, 7) is 4.52. The van der Waals surface area contributed by atoms with Gasteiger partial charge in [-0.2, -0.15) is 0 Å². The Bertz CT molecular complexity index is 1720. The third kappa shape index (κ3) is 62.5. The van der Waals surface area contributed by atoms with Crippen molar-refractivity contribution < 1.29 is 32.9 Å². The number of carbonyl (C=O) groups is 1. The van der Waals surface area contributed by atoms with Gasteiger partial charge in [-0.1, -0.05) is 289 Å². The highest BCUT2D eigenvalue weighted by atomic mass is 31.2. The van der Waals surface area contributed by atoms with Crippen LogP contribution in [0.15, 0.2) is 122 Å². The Morgan fingerprint density at radius 3 is 1.16 bits per heavy atom. The lowest BCUT2D eigenvalue weighted by molar-refractivity contribution is -0.870. The second kappa shape index (κ2) is 60.5. The molecule has 3 unspecified atom stereocenters. The predicted molar refractivity (Wildman–Crippen MR) is 348 cm³/mol. The number of likely N-dealkylation sites (N-methyl/N-ethyl adjacent to an activating group) is 1. The highest BCUT2D eigenvalue weighted by molar-refractivity contribution is 7.45. The molecular weight excluding hydrogens is 1010 g/mol. The van der Waals surface area contributed by atoms with Gasteiger partial charge in [-0.05, 0) is 96.3 Å². The fourth-order valence-corrected chi connectivity index (χ4v) is 9.79. The van der Waals surface area contributed by atoms with Gasteiger partial charge in [0.15, 0.2) is 0 Å². The van der Waals surface area contributed by atoms with Gasteiger partial charge in [-0.25, -0.2) is 0 Å². The molecular formula is C71H125N2O6P. The van der Waals surface area contributed by atoms with Crippen molar-refractivity contribution in [2.24, 2.45) is 0 Å². The van der Waals surface area contributed by atoms with Crippen LogP contribution in [-0.4, -0.2) is 68.5 Å². The van der Waals surface area contributed by atoms with Crippen LogP contribution in [0.2, 0.25) is 0 Å². The number of aliphatic hydroxyl groups is 1. The third-order valence-electron chi connectivity index (χ3n) is 14.2. The van der Waals surface area contributed by atoms with Crippen molar-refractivity contribution in [1.82, 2.24) is 5.32 Å². The number of phosphoric acid groups is 1. The molecule has 2 N–H and O–H groups in total. The second-order valence-corrected chi connectivity index (χ2v) is 24.5. The van der Waals surface area contributed by atoms with Crippen molar-refractivity contribution in [3.05, 3.63) is 122 Å².